The molecule has 3 saturated heterocycles. The zero-order chi connectivity index (χ0) is 22.4. The maximum Gasteiger partial charge on any atom is 0.198 e. The van der Waals surface area contributed by atoms with Crippen LogP contribution in [-0.4, -0.2) is 102 Å². The lowest BCUT2D eigenvalue weighted by molar-refractivity contribution is -0.435. The summed E-state index contributed by atoms with van der Waals surface area (Å²) in [6, 6.07) is 0. The van der Waals surface area contributed by atoms with Crippen LogP contribution in [0.2, 0.25) is 0 Å². The quantitative estimate of drug-likeness (QED) is 0.116. The van der Waals surface area contributed by atoms with Gasteiger partial charge in [-0.25, -0.2) is 10.5 Å². The molecule has 3 heterocycles. The van der Waals surface area contributed by atoms with Crippen LogP contribution in [-0.2, 0) is 50.8 Å². The van der Waals surface area contributed by atoms with Crippen LogP contribution in [0.15, 0.2) is 0 Å². The van der Waals surface area contributed by atoms with Crippen molar-refractivity contribution in [2.75, 3.05) is 20.3 Å². The van der Waals surface area contributed by atoms with Crippen molar-refractivity contribution in [2.24, 2.45) is 0 Å². The number of fused-ring (bicyclic) bond motifs is 2. The molecule has 3 rings (SSSR count). The van der Waals surface area contributed by atoms with Gasteiger partial charge < -0.3 is 33.9 Å². The first-order valence-corrected chi connectivity index (χ1v) is 10.4. The Morgan fingerprint density at radius 1 is 0.968 bits per heavy atom. The van der Waals surface area contributed by atoms with Gasteiger partial charge in [0.15, 0.2) is 37.0 Å². The first-order chi connectivity index (χ1) is 15.0. The Kier molecular flexibility index (Phi) is 10.4. The van der Waals surface area contributed by atoms with Gasteiger partial charge >= 0.3 is 0 Å². The smallest absolute Gasteiger partial charge is 0.198 e. The van der Waals surface area contributed by atoms with Crippen molar-refractivity contribution in [3.05, 3.63) is 0 Å². The molecule has 0 aromatic carbocycles. The van der Waals surface area contributed by atoms with Crippen LogP contribution in [0.1, 0.15) is 6.92 Å². The van der Waals surface area contributed by atoms with E-state index >= 15 is 0 Å². The Bertz CT molecular complexity index is 534. The van der Waals surface area contributed by atoms with E-state index in [2.05, 4.69) is 18.7 Å². The van der Waals surface area contributed by atoms with E-state index in [9.17, 15) is 10.2 Å². The fourth-order valence-electron chi connectivity index (χ4n) is 3.75. The molecule has 0 aliphatic carbocycles. The van der Waals surface area contributed by atoms with E-state index in [1.165, 1.54) is 7.11 Å². The molecule has 31 heavy (non-hydrogen) atoms. The maximum atomic E-state index is 10.4. The molecule has 0 spiro atoms. The van der Waals surface area contributed by atoms with Crippen molar-refractivity contribution in [3.63, 3.8) is 0 Å². The molecule has 10 atom stereocenters. The number of hydrogen-bond donors (Lipinski definition) is 4. The molecule has 182 valence electrons. The third kappa shape index (κ3) is 5.97. The molecule has 0 amide bonds. The van der Waals surface area contributed by atoms with Crippen LogP contribution >= 0.6 is 24.6 Å². The Labute approximate surface area is 185 Å². The second-order valence-electron chi connectivity index (χ2n) is 6.74. The van der Waals surface area contributed by atoms with Crippen molar-refractivity contribution in [2.45, 2.75) is 68.1 Å². The third-order valence-corrected chi connectivity index (χ3v) is 5.93. The summed E-state index contributed by atoms with van der Waals surface area (Å²) in [6.45, 7) is 1.45. The second kappa shape index (κ2) is 12.5. The van der Waals surface area contributed by atoms with Crippen LogP contribution in [0, 0.1) is 0 Å². The van der Waals surface area contributed by atoms with Gasteiger partial charge in [-0.3, -0.25) is 8.37 Å². The zero-order valence-corrected chi connectivity index (χ0v) is 17.9. The summed E-state index contributed by atoms with van der Waals surface area (Å²) in [6.07, 6.45) is -8.44. The number of rotatable bonds is 12. The third-order valence-electron chi connectivity index (χ3n) is 5.10. The molecule has 0 aromatic rings. The molecular weight excluding hydrogens is 472 g/mol. The van der Waals surface area contributed by atoms with E-state index in [0.29, 0.717) is 12.3 Å². The van der Waals surface area contributed by atoms with Crippen molar-refractivity contribution in [1.82, 2.24) is 0 Å². The molecule has 0 radical (unpaired) electrons. The minimum atomic E-state index is -1.26. The van der Waals surface area contributed by atoms with E-state index in [4.69, 9.17) is 42.6 Å². The highest BCUT2D eigenvalue weighted by atomic mass is 32.2. The van der Waals surface area contributed by atoms with Gasteiger partial charge in [-0.2, -0.15) is 0 Å². The number of ether oxygens (including phenoxy) is 5. The lowest BCUT2D eigenvalue weighted by atomic mass is 9.97. The van der Waals surface area contributed by atoms with E-state index < -0.39 is 67.8 Å². The fourth-order valence-corrected chi connectivity index (χ4v) is 4.51. The number of methoxy groups -OCH3 is 1. The average Bonchev–Trinajstić information content (AvgIpc) is 3.05. The lowest BCUT2D eigenvalue weighted by Crippen LogP contribution is -2.63. The predicted molar refractivity (Wildman–Crippen MR) is 96.0 cm³/mol. The van der Waals surface area contributed by atoms with Crippen molar-refractivity contribution >= 4 is 24.6 Å². The summed E-state index contributed by atoms with van der Waals surface area (Å²) in [5.41, 5.74) is 0. The maximum absolute atomic E-state index is 10.4. The molecule has 3 fully saturated rings. The van der Waals surface area contributed by atoms with Gasteiger partial charge in [-0.05, 0) is 6.92 Å². The highest BCUT2D eigenvalue weighted by Crippen LogP contribution is 2.38. The number of aliphatic hydroxyl groups excluding tert-OH is 2. The first kappa shape index (κ1) is 25.7. The molecule has 15 nitrogen and oxygen atoms in total. The largest absolute Gasteiger partial charge is 0.394 e. The van der Waals surface area contributed by atoms with Crippen LogP contribution < -0.4 is 0 Å². The molecule has 4 unspecified atom stereocenters. The van der Waals surface area contributed by atoms with Crippen molar-refractivity contribution < 1.29 is 71.5 Å². The second-order valence-corrected chi connectivity index (χ2v) is 7.67. The first-order valence-electron chi connectivity index (χ1n) is 9.05. The highest BCUT2D eigenvalue weighted by molar-refractivity contribution is 7.89. The van der Waals surface area contributed by atoms with Crippen LogP contribution in [0.5, 0.6) is 0 Å². The Morgan fingerprint density at radius 2 is 1.65 bits per heavy atom. The standard InChI is InChI=1S/C14H24O15S2/c1-5-9(24-30-28-26-17)12-10(7(21-5)4-20-12)23-14-13(25-31-29-27-18)11(19-2)8(16)6(3-15)22-14/h5-18H,3-4H2,1-2H3/t5-,6?,7?,8-,9?,10-,11?,12-,13+,14-/m0/s1. The average molecular weight is 496 g/mol. The monoisotopic (exact) mass is 496 g/mol. The van der Waals surface area contributed by atoms with Gasteiger partial charge in [0.2, 0.25) is 0 Å². The summed E-state index contributed by atoms with van der Waals surface area (Å²) >= 11 is 0.641. The van der Waals surface area contributed by atoms with Crippen molar-refractivity contribution in [1.29, 1.82) is 0 Å². The Morgan fingerprint density at radius 3 is 2.26 bits per heavy atom. The van der Waals surface area contributed by atoms with Crippen LogP contribution in [0.4, 0.5) is 0 Å². The van der Waals surface area contributed by atoms with E-state index in [1.54, 1.807) is 6.92 Å². The van der Waals surface area contributed by atoms with Gasteiger partial charge in [0.1, 0.15) is 42.7 Å². The summed E-state index contributed by atoms with van der Waals surface area (Å²) in [5.74, 6) is 0. The van der Waals surface area contributed by atoms with Crippen molar-refractivity contribution in [3.8, 4) is 0 Å². The minimum Gasteiger partial charge on any atom is -0.394 e. The topological polar surface area (TPSA) is 182 Å². The predicted octanol–water partition coefficient (Wildman–Crippen LogP) is -0.610. The zero-order valence-electron chi connectivity index (χ0n) is 16.3. The summed E-state index contributed by atoms with van der Waals surface area (Å²) in [5, 5.41) is 43.5. The van der Waals surface area contributed by atoms with Gasteiger partial charge in [-0.1, -0.05) is 10.1 Å². The minimum absolute atomic E-state index is 0.204. The molecule has 3 aliphatic rings. The summed E-state index contributed by atoms with van der Waals surface area (Å²) < 4.78 is 48.0. The van der Waals surface area contributed by atoms with Crippen LogP contribution in [0.25, 0.3) is 0 Å². The van der Waals surface area contributed by atoms with Gasteiger partial charge in [-0.15, -0.1) is 8.67 Å². The molecule has 0 saturated carbocycles. The lowest BCUT2D eigenvalue weighted by Gasteiger charge is -2.45. The van der Waals surface area contributed by atoms with Gasteiger partial charge in [0.25, 0.3) is 0 Å². The summed E-state index contributed by atoms with van der Waals surface area (Å²) in [7, 11) is 1.33. The summed E-state index contributed by atoms with van der Waals surface area (Å²) in [4.78, 5) is 0. The molecule has 0 aromatic heterocycles. The Hall–Kier alpha value is 0.1000. The van der Waals surface area contributed by atoms with Gasteiger partial charge in [0.05, 0.1) is 19.3 Å². The molecule has 2 bridgehead atoms. The molecule has 17 heteroatoms. The highest BCUT2D eigenvalue weighted by Gasteiger charge is 2.55. The van der Waals surface area contributed by atoms with E-state index in [0.717, 1.165) is 0 Å². The fraction of sp³-hybridized carbons (Fsp3) is 1.00. The number of hydrogen-bond acceptors (Lipinski definition) is 17. The molecule has 3 aliphatic heterocycles. The SMILES string of the molecule is COC1[C@@H](O)C(CO)O[C@@H](O[C@H]2C3CO[C@H]2C(OSOOO)[C@H](C)O3)[C@@H]1OSOOO. The normalized spacial score (nSPS) is 42.8. The van der Waals surface area contributed by atoms with E-state index in [1.807, 2.05) is 0 Å². The molecular formula is C14H24O15S2. The Balaban J connectivity index is 1.73. The van der Waals surface area contributed by atoms with Gasteiger partial charge in [0, 0.05) is 7.11 Å². The van der Waals surface area contributed by atoms with Crippen LogP contribution in [0.3, 0.4) is 0 Å². The number of aliphatic hydroxyl groups is 2. The van der Waals surface area contributed by atoms with E-state index in [-0.39, 0.29) is 18.9 Å². The molecule has 4 N–H and O–H groups in total.